The maximum Gasteiger partial charge on any atom is 0.296 e. The van der Waals surface area contributed by atoms with Gasteiger partial charge in [-0.05, 0) is 44.5 Å². The average Bonchev–Trinajstić information content (AvgIpc) is 3.12. The van der Waals surface area contributed by atoms with E-state index in [2.05, 4.69) is 15.2 Å². The molecule has 33 heavy (non-hydrogen) atoms. The molecule has 0 saturated carbocycles. The normalized spacial score (nSPS) is 11.6. The fraction of sp³-hybridized carbons (Fsp3) is 0.111. The molecule has 3 aromatic carbocycles. The number of hydrogen-bond donors (Lipinski definition) is 2. The third-order valence-electron chi connectivity index (χ3n) is 5.74. The third-order valence-corrected chi connectivity index (χ3v) is 5.74. The first kappa shape index (κ1) is 20.6. The van der Waals surface area contributed by atoms with E-state index in [1.54, 1.807) is 6.07 Å². The van der Waals surface area contributed by atoms with Crippen molar-refractivity contribution in [2.45, 2.75) is 20.8 Å². The first-order chi connectivity index (χ1) is 15.9. The molecule has 5 aromatic rings. The molecule has 0 unspecified atom stereocenters. The standard InChI is InChI=1S/C27H22N4O2/c1-15-8-10-18(11-9-15)23-14-20(19-6-4-5-7-22(19)28-23)26(32)31-30-25-21-13-16(2)12-17(3)24(21)29-27(25)33/h4-14,29,33H,1-3H3. The molecular formula is C27H22N4O2. The summed E-state index contributed by atoms with van der Waals surface area (Å²) < 4.78 is 0. The number of amides is 1. The van der Waals surface area contributed by atoms with Gasteiger partial charge in [0.2, 0.25) is 5.88 Å². The molecular weight excluding hydrogens is 412 g/mol. The predicted octanol–water partition coefficient (Wildman–Crippen LogP) is 6.94. The molecule has 2 N–H and O–H groups in total. The van der Waals surface area contributed by atoms with Crippen LogP contribution < -0.4 is 0 Å². The fourth-order valence-electron chi connectivity index (χ4n) is 4.10. The van der Waals surface area contributed by atoms with Gasteiger partial charge in [0.05, 0.1) is 22.3 Å². The Morgan fingerprint density at radius 1 is 0.909 bits per heavy atom. The number of pyridine rings is 1. The number of aromatic amines is 1. The minimum Gasteiger partial charge on any atom is -0.493 e. The van der Waals surface area contributed by atoms with Gasteiger partial charge in [0, 0.05) is 16.3 Å². The Labute approximate surface area is 190 Å². The van der Waals surface area contributed by atoms with Gasteiger partial charge in [0.1, 0.15) is 0 Å². The highest BCUT2D eigenvalue weighted by Crippen LogP contribution is 2.37. The summed E-state index contributed by atoms with van der Waals surface area (Å²) in [5.74, 6) is -0.615. The van der Waals surface area contributed by atoms with E-state index < -0.39 is 5.91 Å². The lowest BCUT2D eigenvalue weighted by Gasteiger charge is -2.07. The number of carbonyl (C=O) groups excluding carboxylic acids is 1. The molecule has 0 spiro atoms. The largest absolute Gasteiger partial charge is 0.493 e. The molecule has 162 valence electrons. The van der Waals surface area contributed by atoms with Crippen LogP contribution in [0, 0.1) is 20.8 Å². The summed E-state index contributed by atoms with van der Waals surface area (Å²) in [6.07, 6.45) is 0. The molecule has 6 heteroatoms. The van der Waals surface area contributed by atoms with Crippen LogP contribution in [0.15, 0.2) is 77.0 Å². The van der Waals surface area contributed by atoms with E-state index in [0.29, 0.717) is 22.2 Å². The zero-order valence-electron chi connectivity index (χ0n) is 18.5. The number of aromatic nitrogens is 2. The first-order valence-electron chi connectivity index (χ1n) is 10.7. The number of aromatic hydroxyl groups is 1. The van der Waals surface area contributed by atoms with Crippen molar-refractivity contribution in [2.75, 3.05) is 0 Å². The van der Waals surface area contributed by atoms with E-state index in [1.807, 2.05) is 81.4 Å². The number of aryl methyl sites for hydroxylation is 3. The molecule has 0 fully saturated rings. The van der Waals surface area contributed by atoms with Crippen LogP contribution in [-0.2, 0) is 0 Å². The summed E-state index contributed by atoms with van der Waals surface area (Å²) in [6, 6.07) is 21.1. The van der Waals surface area contributed by atoms with Gasteiger partial charge in [0.15, 0.2) is 5.69 Å². The summed E-state index contributed by atoms with van der Waals surface area (Å²) in [6.45, 7) is 5.95. The van der Waals surface area contributed by atoms with E-state index in [0.717, 1.165) is 33.2 Å². The van der Waals surface area contributed by atoms with Gasteiger partial charge in [-0.3, -0.25) is 4.79 Å². The van der Waals surface area contributed by atoms with Crippen LogP contribution in [0.1, 0.15) is 27.0 Å². The van der Waals surface area contributed by atoms with Gasteiger partial charge in [-0.15, -0.1) is 10.2 Å². The smallest absolute Gasteiger partial charge is 0.296 e. The average molecular weight is 434 g/mol. The number of fused-ring (bicyclic) bond motifs is 2. The second-order valence-electron chi connectivity index (χ2n) is 8.27. The Kier molecular flexibility index (Phi) is 4.98. The highest BCUT2D eigenvalue weighted by atomic mass is 16.3. The van der Waals surface area contributed by atoms with Crippen LogP contribution in [-0.4, -0.2) is 21.0 Å². The summed E-state index contributed by atoms with van der Waals surface area (Å²) in [7, 11) is 0. The Morgan fingerprint density at radius 3 is 2.45 bits per heavy atom. The zero-order valence-corrected chi connectivity index (χ0v) is 18.5. The van der Waals surface area contributed by atoms with Gasteiger partial charge in [-0.25, -0.2) is 4.98 Å². The summed E-state index contributed by atoms with van der Waals surface area (Å²) >= 11 is 0. The lowest BCUT2D eigenvalue weighted by molar-refractivity contribution is 0.0996. The van der Waals surface area contributed by atoms with Crippen molar-refractivity contribution in [3.63, 3.8) is 0 Å². The molecule has 0 atom stereocenters. The van der Waals surface area contributed by atoms with Crippen LogP contribution in [0.25, 0.3) is 33.1 Å². The number of rotatable bonds is 3. The van der Waals surface area contributed by atoms with Crippen LogP contribution in [0.4, 0.5) is 5.69 Å². The number of carbonyl (C=O) groups is 1. The molecule has 0 aliphatic heterocycles. The maximum absolute atomic E-state index is 13.2. The summed E-state index contributed by atoms with van der Waals surface area (Å²) in [5, 5.41) is 19.9. The molecule has 2 heterocycles. The second-order valence-corrected chi connectivity index (χ2v) is 8.27. The van der Waals surface area contributed by atoms with E-state index in [9.17, 15) is 9.90 Å². The van der Waals surface area contributed by atoms with E-state index in [-0.39, 0.29) is 11.6 Å². The number of nitrogens with zero attached hydrogens (tertiary/aromatic N) is 3. The van der Waals surface area contributed by atoms with Crippen molar-refractivity contribution in [1.29, 1.82) is 0 Å². The van der Waals surface area contributed by atoms with Gasteiger partial charge in [0.25, 0.3) is 5.91 Å². The molecule has 5 rings (SSSR count). The topological polar surface area (TPSA) is 90.7 Å². The molecule has 0 aliphatic carbocycles. The Bertz CT molecular complexity index is 1560. The molecule has 0 radical (unpaired) electrons. The van der Waals surface area contributed by atoms with Crippen LogP contribution in [0.2, 0.25) is 0 Å². The van der Waals surface area contributed by atoms with Gasteiger partial charge in [-0.1, -0.05) is 59.7 Å². The first-order valence-corrected chi connectivity index (χ1v) is 10.7. The Balaban J connectivity index is 1.60. The third kappa shape index (κ3) is 3.76. The summed E-state index contributed by atoms with van der Waals surface area (Å²) in [5.41, 5.74) is 6.90. The number of para-hydroxylation sites is 1. The van der Waals surface area contributed by atoms with Crippen molar-refractivity contribution >= 4 is 33.4 Å². The Morgan fingerprint density at radius 2 is 1.67 bits per heavy atom. The Hall–Kier alpha value is -4.32. The number of H-pyrrole nitrogens is 1. The molecule has 0 saturated heterocycles. The van der Waals surface area contributed by atoms with Crippen molar-refractivity contribution in [2.24, 2.45) is 10.2 Å². The molecule has 1 amide bonds. The SMILES string of the molecule is Cc1ccc(-c2cc(C(=O)N=Nc3c(O)[nH]c4c(C)cc(C)cc34)c3ccccc3n2)cc1. The quantitative estimate of drug-likeness (QED) is 0.301. The molecule has 0 bridgehead atoms. The van der Waals surface area contributed by atoms with E-state index in [1.165, 1.54) is 0 Å². The fourth-order valence-corrected chi connectivity index (χ4v) is 4.10. The molecule has 2 aromatic heterocycles. The number of nitrogens with one attached hydrogen (secondary N) is 1. The maximum atomic E-state index is 13.2. The number of benzene rings is 3. The van der Waals surface area contributed by atoms with Crippen molar-refractivity contribution in [3.05, 3.63) is 89.0 Å². The van der Waals surface area contributed by atoms with Crippen molar-refractivity contribution in [1.82, 2.24) is 9.97 Å². The van der Waals surface area contributed by atoms with Crippen molar-refractivity contribution < 1.29 is 9.90 Å². The number of azo groups is 1. The van der Waals surface area contributed by atoms with E-state index in [4.69, 9.17) is 4.98 Å². The van der Waals surface area contributed by atoms with Gasteiger partial charge in [-0.2, -0.15) is 0 Å². The van der Waals surface area contributed by atoms with Gasteiger partial charge >= 0.3 is 0 Å². The monoisotopic (exact) mass is 434 g/mol. The predicted molar refractivity (Wildman–Crippen MR) is 130 cm³/mol. The van der Waals surface area contributed by atoms with Gasteiger partial charge < -0.3 is 10.1 Å². The van der Waals surface area contributed by atoms with Crippen LogP contribution in [0.3, 0.4) is 0 Å². The van der Waals surface area contributed by atoms with E-state index >= 15 is 0 Å². The van der Waals surface area contributed by atoms with Crippen molar-refractivity contribution in [3.8, 4) is 17.1 Å². The second kappa shape index (κ2) is 7.98. The summed E-state index contributed by atoms with van der Waals surface area (Å²) in [4.78, 5) is 20.9. The minimum atomic E-state index is -0.500. The van der Waals surface area contributed by atoms with Crippen LogP contribution >= 0.6 is 0 Å². The lowest BCUT2D eigenvalue weighted by atomic mass is 10.0. The van der Waals surface area contributed by atoms with Crippen LogP contribution in [0.5, 0.6) is 5.88 Å². The lowest BCUT2D eigenvalue weighted by Crippen LogP contribution is -1.99. The molecule has 0 aliphatic rings. The number of hydrogen-bond acceptors (Lipinski definition) is 4. The highest BCUT2D eigenvalue weighted by molar-refractivity contribution is 6.07. The highest BCUT2D eigenvalue weighted by Gasteiger charge is 2.16. The molecule has 6 nitrogen and oxygen atoms in total. The zero-order chi connectivity index (χ0) is 23.1. The minimum absolute atomic E-state index is 0.116.